The molecule has 0 bridgehead atoms. The first-order valence-corrected chi connectivity index (χ1v) is 7.07. The molecule has 0 aliphatic rings. The predicted molar refractivity (Wildman–Crippen MR) is 81.5 cm³/mol. The van der Waals surface area contributed by atoms with E-state index in [-0.39, 0.29) is 11.8 Å². The Morgan fingerprint density at radius 2 is 1.95 bits per heavy atom. The van der Waals surface area contributed by atoms with E-state index < -0.39 is 12.0 Å². The fraction of sp³-hybridized carbons (Fsp3) is 0.312. The number of benzene rings is 1. The maximum atomic E-state index is 12.1. The van der Waals surface area contributed by atoms with Crippen LogP contribution in [0.5, 0.6) is 0 Å². The summed E-state index contributed by atoms with van der Waals surface area (Å²) in [5.74, 6) is -1.59. The quantitative estimate of drug-likeness (QED) is 0.851. The van der Waals surface area contributed by atoms with E-state index in [1.165, 1.54) is 0 Å². The van der Waals surface area contributed by atoms with Gasteiger partial charge in [-0.25, -0.2) is 4.79 Å². The van der Waals surface area contributed by atoms with Crippen molar-refractivity contribution in [1.29, 1.82) is 0 Å². The molecule has 22 heavy (non-hydrogen) atoms. The number of carbonyl (C=O) groups excluding carboxylic acids is 1. The van der Waals surface area contributed by atoms with Crippen molar-refractivity contribution in [3.8, 4) is 0 Å². The summed E-state index contributed by atoms with van der Waals surface area (Å²) in [7, 11) is 0. The van der Waals surface area contributed by atoms with E-state index >= 15 is 0 Å². The summed E-state index contributed by atoms with van der Waals surface area (Å²) in [6.07, 6.45) is 3.57. The van der Waals surface area contributed by atoms with Crippen molar-refractivity contribution in [2.24, 2.45) is 5.92 Å². The minimum atomic E-state index is -1.03. The molecule has 0 aliphatic heterocycles. The lowest BCUT2D eigenvalue weighted by Crippen LogP contribution is -2.44. The van der Waals surface area contributed by atoms with Crippen LogP contribution in [0.4, 0.5) is 0 Å². The molecule has 116 valence electrons. The van der Waals surface area contributed by atoms with E-state index in [2.05, 4.69) is 10.4 Å². The molecule has 0 unspecified atom stereocenters. The van der Waals surface area contributed by atoms with Gasteiger partial charge in [0.2, 0.25) is 0 Å². The van der Waals surface area contributed by atoms with Crippen LogP contribution in [0.3, 0.4) is 0 Å². The number of nitrogens with one attached hydrogen (secondary N) is 1. The van der Waals surface area contributed by atoms with Gasteiger partial charge in [-0.15, -0.1) is 0 Å². The highest BCUT2D eigenvalue weighted by Crippen LogP contribution is 2.08. The molecule has 0 spiro atoms. The van der Waals surface area contributed by atoms with E-state index in [1.54, 1.807) is 36.9 Å². The molecule has 1 amide bonds. The van der Waals surface area contributed by atoms with Crippen molar-refractivity contribution in [3.63, 3.8) is 0 Å². The van der Waals surface area contributed by atoms with Gasteiger partial charge in [-0.3, -0.25) is 9.48 Å². The van der Waals surface area contributed by atoms with E-state index in [4.69, 9.17) is 5.11 Å². The van der Waals surface area contributed by atoms with Gasteiger partial charge in [-0.1, -0.05) is 26.0 Å². The Labute approximate surface area is 128 Å². The zero-order valence-corrected chi connectivity index (χ0v) is 12.6. The second-order valence-electron chi connectivity index (χ2n) is 5.43. The van der Waals surface area contributed by atoms with Crippen LogP contribution in [0.1, 0.15) is 29.8 Å². The van der Waals surface area contributed by atoms with Crippen LogP contribution in [0.2, 0.25) is 0 Å². The van der Waals surface area contributed by atoms with Crippen LogP contribution in [0.15, 0.2) is 42.7 Å². The van der Waals surface area contributed by atoms with Crippen molar-refractivity contribution in [2.75, 3.05) is 0 Å². The number of amides is 1. The average molecular weight is 301 g/mol. The molecule has 0 saturated carbocycles. The summed E-state index contributed by atoms with van der Waals surface area (Å²) < 4.78 is 1.79. The number of aliphatic carboxylic acids is 1. The molecular weight excluding hydrogens is 282 g/mol. The fourth-order valence-corrected chi connectivity index (χ4v) is 2.08. The minimum absolute atomic E-state index is 0.180. The summed E-state index contributed by atoms with van der Waals surface area (Å²) in [6.45, 7) is 4.14. The van der Waals surface area contributed by atoms with E-state index in [9.17, 15) is 9.59 Å². The van der Waals surface area contributed by atoms with Crippen molar-refractivity contribution in [1.82, 2.24) is 15.1 Å². The van der Waals surface area contributed by atoms with Gasteiger partial charge in [0.1, 0.15) is 6.04 Å². The van der Waals surface area contributed by atoms with Crippen molar-refractivity contribution in [2.45, 2.75) is 26.4 Å². The highest BCUT2D eigenvalue weighted by Gasteiger charge is 2.23. The standard InChI is InChI=1S/C16H19N3O3/c1-11(2)14(16(21)22)18-15(20)13-6-4-12(5-7-13)10-19-9-3-8-17-19/h3-9,11,14H,10H2,1-2H3,(H,18,20)(H,21,22)/t14-/m1/s1. The van der Waals surface area contributed by atoms with Gasteiger partial charge in [0.25, 0.3) is 5.91 Å². The van der Waals surface area contributed by atoms with Crippen LogP contribution >= 0.6 is 0 Å². The van der Waals surface area contributed by atoms with Crippen LogP contribution < -0.4 is 5.32 Å². The molecular formula is C16H19N3O3. The lowest BCUT2D eigenvalue weighted by molar-refractivity contribution is -0.140. The van der Waals surface area contributed by atoms with Crippen LogP contribution in [-0.4, -0.2) is 32.8 Å². The number of hydrogen-bond donors (Lipinski definition) is 2. The van der Waals surface area contributed by atoms with Gasteiger partial charge in [-0.2, -0.15) is 5.10 Å². The minimum Gasteiger partial charge on any atom is -0.480 e. The first-order valence-electron chi connectivity index (χ1n) is 7.07. The summed E-state index contributed by atoms with van der Waals surface area (Å²) >= 11 is 0. The monoisotopic (exact) mass is 301 g/mol. The molecule has 2 N–H and O–H groups in total. The van der Waals surface area contributed by atoms with Gasteiger partial charge in [0, 0.05) is 18.0 Å². The second kappa shape index (κ2) is 6.89. The highest BCUT2D eigenvalue weighted by atomic mass is 16.4. The first kappa shape index (κ1) is 15.8. The SMILES string of the molecule is CC(C)[C@@H](NC(=O)c1ccc(Cn2cccn2)cc1)C(=O)O. The second-order valence-corrected chi connectivity index (χ2v) is 5.43. The maximum absolute atomic E-state index is 12.1. The number of rotatable bonds is 6. The zero-order chi connectivity index (χ0) is 16.1. The van der Waals surface area contributed by atoms with Crippen LogP contribution in [-0.2, 0) is 11.3 Å². The summed E-state index contributed by atoms with van der Waals surface area (Å²) in [6, 6.07) is 8.00. The van der Waals surface area contributed by atoms with Crippen LogP contribution in [0.25, 0.3) is 0 Å². The number of nitrogens with zero attached hydrogens (tertiary/aromatic N) is 2. The molecule has 1 atom stereocenters. The number of aromatic nitrogens is 2. The van der Waals surface area contributed by atoms with Gasteiger partial charge < -0.3 is 10.4 Å². The van der Waals surface area contributed by atoms with E-state index in [1.807, 2.05) is 24.4 Å². The highest BCUT2D eigenvalue weighted by molar-refractivity contribution is 5.96. The summed E-state index contributed by atoms with van der Waals surface area (Å²) in [5, 5.41) is 15.8. The lowest BCUT2D eigenvalue weighted by Gasteiger charge is -2.17. The summed E-state index contributed by atoms with van der Waals surface area (Å²) in [5.41, 5.74) is 1.45. The van der Waals surface area contributed by atoms with Crippen molar-refractivity contribution >= 4 is 11.9 Å². The molecule has 0 aliphatic carbocycles. The van der Waals surface area contributed by atoms with Gasteiger partial charge in [0.05, 0.1) is 6.54 Å². The molecule has 0 saturated heterocycles. The van der Waals surface area contributed by atoms with Gasteiger partial charge >= 0.3 is 5.97 Å². The topological polar surface area (TPSA) is 84.2 Å². The Hall–Kier alpha value is -2.63. The van der Waals surface area contributed by atoms with E-state index in [0.717, 1.165) is 5.56 Å². The molecule has 1 heterocycles. The summed E-state index contributed by atoms with van der Waals surface area (Å²) in [4.78, 5) is 23.2. The molecule has 2 rings (SSSR count). The third-order valence-corrected chi connectivity index (χ3v) is 3.34. The molecule has 6 heteroatoms. The van der Waals surface area contributed by atoms with Gasteiger partial charge in [0.15, 0.2) is 0 Å². The van der Waals surface area contributed by atoms with Crippen molar-refractivity contribution < 1.29 is 14.7 Å². The van der Waals surface area contributed by atoms with Crippen molar-refractivity contribution in [3.05, 3.63) is 53.9 Å². The average Bonchev–Trinajstić information content (AvgIpc) is 2.97. The Balaban J connectivity index is 2.03. The smallest absolute Gasteiger partial charge is 0.326 e. The Bertz CT molecular complexity index is 633. The zero-order valence-electron chi connectivity index (χ0n) is 12.6. The van der Waals surface area contributed by atoms with E-state index in [0.29, 0.717) is 12.1 Å². The lowest BCUT2D eigenvalue weighted by atomic mass is 10.0. The number of carbonyl (C=O) groups is 2. The fourth-order valence-electron chi connectivity index (χ4n) is 2.08. The molecule has 6 nitrogen and oxygen atoms in total. The van der Waals surface area contributed by atoms with Crippen LogP contribution in [0, 0.1) is 5.92 Å². The third kappa shape index (κ3) is 3.94. The van der Waals surface area contributed by atoms with Gasteiger partial charge in [-0.05, 0) is 29.7 Å². The molecule has 2 aromatic rings. The largest absolute Gasteiger partial charge is 0.480 e. The predicted octanol–water partition coefficient (Wildman–Crippen LogP) is 1.77. The molecule has 1 aromatic carbocycles. The Morgan fingerprint density at radius 3 is 2.45 bits per heavy atom. The number of carboxylic acids is 1. The normalized spacial score (nSPS) is 12.1. The molecule has 0 fully saturated rings. The Morgan fingerprint density at radius 1 is 1.27 bits per heavy atom. The Kier molecular flexibility index (Phi) is 4.93. The maximum Gasteiger partial charge on any atom is 0.326 e. The number of hydrogen-bond acceptors (Lipinski definition) is 3. The first-order chi connectivity index (χ1) is 10.5. The molecule has 0 radical (unpaired) electrons. The molecule has 1 aromatic heterocycles. The third-order valence-electron chi connectivity index (χ3n) is 3.34. The number of carboxylic acid groups (broad SMARTS) is 1.